The van der Waals surface area contributed by atoms with E-state index < -0.39 is 8.07 Å². The molecule has 1 aliphatic heterocycles. The van der Waals surface area contributed by atoms with Crippen LogP contribution in [0, 0.1) is 0 Å². The SMILES string of the molecule is C[Si]1(C)c2ccccc2-c2c(-c3ccccc3)nc(-c3ccc4c(c3)c3ccccc3n4-c3cccc(-c4ccccc4)c3)nc21. The molecule has 46 heavy (non-hydrogen) atoms. The normalized spacial score (nSPS) is 13.2. The standard InChI is InChI=1S/C42H31N3Si/c1-46(2)38-23-12-10-21-34(38)39-40(29-16-7-4-8-17-29)43-41(44-42(39)46)31-24-25-37-35(27-31)33-20-9-11-22-36(33)45(37)32-19-13-18-30(26-32)28-14-5-3-6-15-28/h3-27H,1-2H3. The van der Waals surface area contributed by atoms with Gasteiger partial charge in [-0.1, -0.05) is 128 Å². The van der Waals surface area contributed by atoms with Crippen LogP contribution in [0.2, 0.25) is 13.1 Å². The molecule has 6 aromatic carbocycles. The predicted octanol–water partition coefficient (Wildman–Crippen LogP) is 9.38. The number of para-hydroxylation sites is 1. The van der Waals surface area contributed by atoms with E-state index in [1.807, 2.05) is 0 Å². The molecule has 3 nitrogen and oxygen atoms in total. The van der Waals surface area contributed by atoms with E-state index in [4.69, 9.17) is 9.97 Å². The molecule has 0 aliphatic carbocycles. The summed E-state index contributed by atoms with van der Waals surface area (Å²) < 4.78 is 2.38. The van der Waals surface area contributed by atoms with Crippen LogP contribution in [0.5, 0.6) is 0 Å². The summed E-state index contributed by atoms with van der Waals surface area (Å²) in [6.07, 6.45) is 0. The number of hydrogen-bond acceptors (Lipinski definition) is 2. The van der Waals surface area contributed by atoms with Gasteiger partial charge >= 0.3 is 0 Å². The Morgan fingerprint density at radius 3 is 2.00 bits per heavy atom. The van der Waals surface area contributed by atoms with Crippen molar-refractivity contribution in [1.29, 1.82) is 0 Å². The molecule has 0 saturated heterocycles. The zero-order chi connectivity index (χ0) is 30.8. The molecular formula is C42H31N3Si. The first-order valence-corrected chi connectivity index (χ1v) is 18.9. The fraction of sp³-hybridized carbons (Fsp3) is 0.0476. The van der Waals surface area contributed by atoms with Gasteiger partial charge in [0.25, 0.3) is 0 Å². The molecule has 4 heteroatoms. The van der Waals surface area contributed by atoms with Gasteiger partial charge in [-0.2, -0.15) is 0 Å². The lowest BCUT2D eigenvalue weighted by Crippen LogP contribution is -2.50. The van der Waals surface area contributed by atoms with Crippen molar-refractivity contribution in [3.63, 3.8) is 0 Å². The maximum atomic E-state index is 5.42. The predicted molar refractivity (Wildman–Crippen MR) is 195 cm³/mol. The molecule has 2 aromatic heterocycles. The third kappa shape index (κ3) is 4.04. The fourth-order valence-electron chi connectivity index (χ4n) is 7.32. The van der Waals surface area contributed by atoms with Crippen molar-refractivity contribution in [3.8, 4) is 50.6 Å². The molecule has 0 radical (unpaired) electrons. The number of aromatic nitrogens is 3. The Morgan fingerprint density at radius 2 is 1.17 bits per heavy atom. The van der Waals surface area contributed by atoms with Gasteiger partial charge in [0.1, 0.15) is 8.07 Å². The number of hydrogen-bond donors (Lipinski definition) is 0. The zero-order valence-corrected chi connectivity index (χ0v) is 26.8. The molecular weight excluding hydrogens is 575 g/mol. The summed E-state index contributed by atoms with van der Waals surface area (Å²) in [4.78, 5) is 10.8. The highest BCUT2D eigenvalue weighted by molar-refractivity contribution is 7.03. The molecule has 218 valence electrons. The second kappa shape index (κ2) is 10.2. The topological polar surface area (TPSA) is 30.7 Å². The third-order valence-corrected chi connectivity index (χ3v) is 12.9. The minimum Gasteiger partial charge on any atom is -0.309 e. The van der Waals surface area contributed by atoms with Crippen molar-refractivity contribution in [2.24, 2.45) is 0 Å². The molecule has 1 aliphatic rings. The lowest BCUT2D eigenvalue weighted by molar-refractivity contribution is 1.18. The van der Waals surface area contributed by atoms with Gasteiger partial charge in [0.2, 0.25) is 0 Å². The highest BCUT2D eigenvalue weighted by Crippen LogP contribution is 2.38. The molecule has 0 N–H and O–H groups in total. The Morgan fingerprint density at radius 1 is 0.500 bits per heavy atom. The van der Waals surface area contributed by atoms with E-state index in [2.05, 4.69) is 169 Å². The zero-order valence-electron chi connectivity index (χ0n) is 25.8. The molecule has 0 saturated carbocycles. The first kappa shape index (κ1) is 26.8. The van der Waals surface area contributed by atoms with Gasteiger partial charge in [-0.15, -0.1) is 0 Å². The van der Waals surface area contributed by atoms with E-state index in [0.717, 1.165) is 28.3 Å². The molecule has 9 rings (SSSR count). The van der Waals surface area contributed by atoms with E-state index in [1.165, 1.54) is 54.6 Å². The van der Waals surface area contributed by atoms with Crippen molar-refractivity contribution in [2.45, 2.75) is 13.1 Å². The smallest absolute Gasteiger partial charge is 0.159 e. The second-order valence-corrected chi connectivity index (χ2v) is 16.9. The van der Waals surface area contributed by atoms with Crippen molar-refractivity contribution in [3.05, 3.63) is 152 Å². The van der Waals surface area contributed by atoms with Crippen LogP contribution in [-0.4, -0.2) is 22.6 Å². The number of fused-ring (bicyclic) bond motifs is 6. The molecule has 0 amide bonds. The van der Waals surface area contributed by atoms with E-state index in [1.54, 1.807) is 0 Å². The van der Waals surface area contributed by atoms with E-state index >= 15 is 0 Å². The van der Waals surface area contributed by atoms with Gasteiger partial charge in [-0.25, -0.2) is 9.97 Å². The minimum atomic E-state index is -2.04. The summed E-state index contributed by atoms with van der Waals surface area (Å²) in [5.41, 5.74) is 11.6. The van der Waals surface area contributed by atoms with Crippen molar-refractivity contribution in [2.75, 3.05) is 0 Å². The van der Waals surface area contributed by atoms with Crippen LogP contribution in [0.3, 0.4) is 0 Å². The monoisotopic (exact) mass is 605 g/mol. The second-order valence-electron chi connectivity index (χ2n) is 12.7. The Kier molecular flexibility index (Phi) is 5.96. The molecule has 0 spiro atoms. The summed E-state index contributed by atoms with van der Waals surface area (Å²) in [5, 5.41) is 5.07. The van der Waals surface area contributed by atoms with E-state index in [0.29, 0.717) is 0 Å². The highest BCUT2D eigenvalue weighted by atomic mass is 28.3. The molecule has 0 fully saturated rings. The summed E-state index contributed by atoms with van der Waals surface area (Å²) in [6.45, 7) is 4.84. The first-order chi connectivity index (χ1) is 22.6. The van der Waals surface area contributed by atoms with Gasteiger partial charge in [-0.05, 0) is 58.3 Å². The van der Waals surface area contributed by atoms with Gasteiger partial charge in [0, 0.05) is 38.5 Å². The lowest BCUT2D eigenvalue weighted by Gasteiger charge is -2.19. The van der Waals surface area contributed by atoms with E-state index in [-0.39, 0.29) is 0 Å². The van der Waals surface area contributed by atoms with Crippen LogP contribution in [0.4, 0.5) is 0 Å². The van der Waals surface area contributed by atoms with Gasteiger partial charge < -0.3 is 4.57 Å². The maximum Gasteiger partial charge on any atom is 0.159 e. The largest absolute Gasteiger partial charge is 0.309 e. The Balaban J connectivity index is 1.26. The average molecular weight is 606 g/mol. The average Bonchev–Trinajstić information content (AvgIpc) is 3.57. The van der Waals surface area contributed by atoms with Crippen molar-refractivity contribution < 1.29 is 0 Å². The van der Waals surface area contributed by atoms with Crippen LogP contribution in [0.25, 0.3) is 72.4 Å². The van der Waals surface area contributed by atoms with Crippen molar-refractivity contribution >= 4 is 40.4 Å². The molecule has 8 aromatic rings. The fourth-order valence-corrected chi connectivity index (χ4v) is 10.2. The molecule has 3 heterocycles. The third-order valence-electron chi connectivity index (χ3n) is 9.56. The number of rotatable bonds is 4. The highest BCUT2D eigenvalue weighted by Gasteiger charge is 2.41. The van der Waals surface area contributed by atoms with Crippen LogP contribution in [0.15, 0.2) is 152 Å². The van der Waals surface area contributed by atoms with Crippen LogP contribution >= 0.6 is 0 Å². The molecule has 0 atom stereocenters. The minimum absolute atomic E-state index is 0.788. The van der Waals surface area contributed by atoms with Gasteiger partial charge in [-0.3, -0.25) is 0 Å². The summed E-state index contributed by atoms with van der Waals surface area (Å²) >= 11 is 0. The number of nitrogens with zero attached hydrogens (tertiary/aromatic N) is 3. The number of benzene rings is 6. The Bertz CT molecular complexity index is 2440. The maximum absolute atomic E-state index is 5.42. The van der Waals surface area contributed by atoms with Crippen LogP contribution in [0.1, 0.15) is 0 Å². The summed E-state index contributed by atoms with van der Waals surface area (Å²) in [5.74, 6) is 0.788. The quantitative estimate of drug-likeness (QED) is 0.187. The summed E-state index contributed by atoms with van der Waals surface area (Å²) in [7, 11) is -2.04. The Labute approximate surface area is 269 Å². The molecule has 0 bridgehead atoms. The van der Waals surface area contributed by atoms with E-state index in [9.17, 15) is 0 Å². The molecule has 0 unspecified atom stereocenters. The first-order valence-electron chi connectivity index (χ1n) is 15.9. The summed E-state index contributed by atoms with van der Waals surface area (Å²) in [6, 6.07) is 54.3. The van der Waals surface area contributed by atoms with Crippen molar-refractivity contribution in [1.82, 2.24) is 14.5 Å². The lowest BCUT2D eigenvalue weighted by atomic mass is 10.0. The Hall–Kier alpha value is -5.58. The van der Waals surface area contributed by atoms with Gasteiger partial charge in [0.15, 0.2) is 5.82 Å². The van der Waals surface area contributed by atoms with Crippen LogP contribution in [-0.2, 0) is 0 Å². The van der Waals surface area contributed by atoms with Crippen LogP contribution < -0.4 is 10.5 Å². The van der Waals surface area contributed by atoms with Gasteiger partial charge in [0.05, 0.1) is 16.7 Å².